The highest BCUT2D eigenvalue weighted by Gasteiger charge is 2.07. The average molecular weight is 229 g/mol. The zero-order chi connectivity index (χ0) is 12.9. The predicted molar refractivity (Wildman–Crippen MR) is 74.3 cm³/mol. The highest BCUT2D eigenvalue weighted by molar-refractivity contribution is 6.08. The van der Waals surface area contributed by atoms with Crippen molar-refractivity contribution in [2.24, 2.45) is 15.4 Å². The van der Waals surface area contributed by atoms with Crippen LogP contribution in [0.3, 0.4) is 0 Å². The summed E-state index contributed by atoms with van der Waals surface area (Å²) >= 11 is 0. The van der Waals surface area contributed by atoms with Crippen LogP contribution in [0.15, 0.2) is 40.3 Å². The highest BCUT2D eigenvalue weighted by atomic mass is 14.9. The maximum absolute atomic E-state index is 7.45. The van der Waals surface area contributed by atoms with Gasteiger partial charge < -0.3 is 0 Å². The summed E-state index contributed by atoms with van der Waals surface area (Å²) in [6.45, 7) is 7.89. The van der Waals surface area contributed by atoms with Gasteiger partial charge in [-0.2, -0.15) is 0 Å². The summed E-state index contributed by atoms with van der Waals surface area (Å²) in [5, 5.41) is 7.45. The van der Waals surface area contributed by atoms with E-state index in [2.05, 4.69) is 30.8 Å². The molecule has 90 valence electrons. The van der Waals surface area contributed by atoms with E-state index in [0.717, 1.165) is 5.56 Å². The van der Waals surface area contributed by atoms with E-state index in [1.54, 1.807) is 6.92 Å². The van der Waals surface area contributed by atoms with Crippen molar-refractivity contribution in [2.45, 2.75) is 27.7 Å². The van der Waals surface area contributed by atoms with E-state index in [1.807, 2.05) is 36.5 Å². The standard InChI is InChI=1S/C14H19N3/c1-11(15)17-13(16-10-14(2,3)4)12-8-6-5-7-9-12/h5-10,15H,1-4H3. The van der Waals surface area contributed by atoms with Gasteiger partial charge in [0.2, 0.25) is 0 Å². The molecule has 1 aromatic rings. The van der Waals surface area contributed by atoms with Crippen molar-refractivity contribution in [3.63, 3.8) is 0 Å². The van der Waals surface area contributed by atoms with E-state index in [4.69, 9.17) is 5.41 Å². The van der Waals surface area contributed by atoms with Gasteiger partial charge in [-0.3, -0.25) is 5.41 Å². The Labute approximate surface area is 103 Å². The number of amidine groups is 2. The van der Waals surface area contributed by atoms with Crippen LogP contribution in [0.1, 0.15) is 33.3 Å². The van der Waals surface area contributed by atoms with Crippen molar-refractivity contribution in [3.8, 4) is 0 Å². The summed E-state index contributed by atoms with van der Waals surface area (Å²) in [5.74, 6) is 0.850. The number of hydrogen-bond donors (Lipinski definition) is 1. The topological polar surface area (TPSA) is 48.6 Å². The minimum Gasteiger partial charge on any atom is -0.287 e. The summed E-state index contributed by atoms with van der Waals surface area (Å²) in [6, 6.07) is 9.73. The minimum absolute atomic E-state index is 0.00544. The van der Waals surface area contributed by atoms with Gasteiger partial charge in [-0.15, -0.1) is 0 Å². The van der Waals surface area contributed by atoms with E-state index in [9.17, 15) is 0 Å². The van der Waals surface area contributed by atoms with Crippen LogP contribution in [-0.4, -0.2) is 17.9 Å². The third-order valence-electron chi connectivity index (χ3n) is 1.88. The Morgan fingerprint density at radius 1 is 1.18 bits per heavy atom. The first-order chi connectivity index (χ1) is 7.88. The third kappa shape index (κ3) is 5.20. The lowest BCUT2D eigenvalue weighted by atomic mass is 9.99. The molecule has 0 bridgehead atoms. The van der Waals surface area contributed by atoms with Gasteiger partial charge >= 0.3 is 0 Å². The van der Waals surface area contributed by atoms with Gasteiger partial charge in [-0.25, -0.2) is 9.98 Å². The number of nitrogens with one attached hydrogen (secondary N) is 1. The van der Waals surface area contributed by atoms with Gasteiger partial charge in [0.05, 0.1) is 0 Å². The van der Waals surface area contributed by atoms with Gasteiger partial charge in [-0.1, -0.05) is 51.1 Å². The maximum atomic E-state index is 7.45. The van der Waals surface area contributed by atoms with E-state index >= 15 is 0 Å². The molecule has 17 heavy (non-hydrogen) atoms. The van der Waals surface area contributed by atoms with E-state index < -0.39 is 0 Å². The Hall–Kier alpha value is -1.77. The molecule has 1 aromatic carbocycles. The molecule has 0 saturated heterocycles. The van der Waals surface area contributed by atoms with Crippen molar-refractivity contribution in [3.05, 3.63) is 35.9 Å². The number of nitrogens with zero attached hydrogens (tertiary/aromatic N) is 2. The van der Waals surface area contributed by atoms with Crippen LogP contribution < -0.4 is 0 Å². The van der Waals surface area contributed by atoms with Crippen molar-refractivity contribution in [1.82, 2.24) is 0 Å². The Morgan fingerprint density at radius 2 is 1.76 bits per heavy atom. The Balaban J connectivity index is 3.07. The zero-order valence-electron chi connectivity index (χ0n) is 10.9. The summed E-state index contributed by atoms with van der Waals surface area (Å²) in [6.07, 6.45) is 1.86. The van der Waals surface area contributed by atoms with E-state index in [1.165, 1.54) is 0 Å². The molecule has 0 radical (unpaired) electrons. The van der Waals surface area contributed by atoms with Gasteiger partial charge in [-0.05, 0) is 12.3 Å². The molecule has 0 atom stereocenters. The molecule has 3 heteroatoms. The van der Waals surface area contributed by atoms with Crippen LogP contribution in [0.2, 0.25) is 0 Å². The number of rotatable bonds is 1. The molecule has 3 nitrogen and oxygen atoms in total. The summed E-state index contributed by atoms with van der Waals surface area (Å²) in [7, 11) is 0. The van der Waals surface area contributed by atoms with Crippen LogP contribution in [0, 0.1) is 10.8 Å². The normalized spacial score (nSPS) is 13.1. The molecule has 0 aromatic heterocycles. The third-order valence-corrected chi connectivity index (χ3v) is 1.88. The lowest BCUT2D eigenvalue weighted by Crippen LogP contribution is -2.09. The smallest absolute Gasteiger partial charge is 0.160 e. The molecular weight excluding hydrogens is 210 g/mol. The molecule has 0 aliphatic rings. The summed E-state index contributed by atoms with van der Waals surface area (Å²) in [4.78, 5) is 8.54. The largest absolute Gasteiger partial charge is 0.287 e. The first kappa shape index (κ1) is 13.3. The highest BCUT2D eigenvalue weighted by Crippen LogP contribution is 2.10. The molecule has 0 spiro atoms. The molecule has 1 N–H and O–H groups in total. The van der Waals surface area contributed by atoms with Crippen molar-refractivity contribution >= 4 is 17.9 Å². The van der Waals surface area contributed by atoms with Crippen LogP contribution in [-0.2, 0) is 0 Å². The Kier molecular flexibility index (Phi) is 4.32. The van der Waals surface area contributed by atoms with Gasteiger partial charge in [0, 0.05) is 11.8 Å². The molecule has 0 saturated carbocycles. The second kappa shape index (κ2) is 5.53. The lowest BCUT2D eigenvalue weighted by molar-refractivity contribution is 0.607. The first-order valence-corrected chi connectivity index (χ1v) is 5.63. The quantitative estimate of drug-likeness (QED) is 0.565. The van der Waals surface area contributed by atoms with Crippen molar-refractivity contribution < 1.29 is 0 Å². The van der Waals surface area contributed by atoms with Crippen molar-refractivity contribution in [2.75, 3.05) is 0 Å². The SMILES string of the molecule is CC(=N)N=C(N=CC(C)(C)C)c1ccccc1. The fourth-order valence-electron chi connectivity index (χ4n) is 1.17. The van der Waals surface area contributed by atoms with Crippen LogP contribution in [0.5, 0.6) is 0 Å². The predicted octanol–water partition coefficient (Wildman–Crippen LogP) is 3.55. The minimum atomic E-state index is 0.00544. The molecule has 0 fully saturated rings. The molecule has 0 aliphatic heterocycles. The van der Waals surface area contributed by atoms with Crippen LogP contribution in [0.4, 0.5) is 0 Å². The Morgan fingerprint density at radius 3 is 2.24 bits per heavy atom. The first-order valence-electron chi connectivity index (χ1n) is 5.63. The molecule has 1 rings (SSSR count). The summed E-state index contributed by atoms with van der Waals surface area (Å²) in [5.41, 5.74) is 0.936. The zero-order valence-corrected chi connectivity index (χ0v) is 10.9. The number of benzene rings is 1. The second-order valence-electron chi connectivity index (χ2n) is 5.01. The monoisotopic (exact) mass is 229 g/mol. The fraction of sp³-hybridized carbons (Fsp3) is 0.357. The molecule has 0 aliphatic carbocycles. The van der Waals surface area contributed by atoms with Crippen molar-refractivity contribution in [1.29, 1.82) is 5.41 Å². The van der Waals surface area contributed by atoms with Crippen LogP contribution >= 0.6 is 0 Å². The fourth-order valence-corrected chi connectivity index (χ4v) is 1.17. The van der Waals surface area contributed by atoms with Gasteiger partial charge in [0.15, 0.2) is 5.84 Å². The van der Waals surface area contributed by atoms with Gasteiger partial charge in [0.25, 0.3) is 0 Å². The van der Waals surface area contributed by atoms with E-state index in [-0.39, 0.29) is 11.3 Å². The summed E-state index contributed by atoms with van der Waals surface area (Å²) < 4.78 is 0. The number of hydrogen-bond acceptors (Lipinski definition) is 1. The van der Waals surface area contributed by atoms with E-state index in [0.29, 0.717) is 5.84 Å². The molecule has 0 unspecified atom stereocenters. The lowest BCUT2D eigenvalue weighted by Gasteiger charge is -2.10. The average Bonchev–Trinajstić information content (AvgIpc) is 2.24. The molecule has 0 heterocycles. The van der Waals surface area contributed by atoms with Gasteiger partial charge in [0.1, 0.15) is 5.84 Å². The maximum Gasteiger partial charge on any atom is 0.160 e. The second-order valence-corrected chi connectivity index (χ2v) is 5.01. The molecular formula is C14H19N3. The Bertz CT molecular complexity index is 436. The molecule has 0 amide bonds. The number of aliphatic imine (C=N–C) groups is 2. The van der Waals surface area contributed by atoms with Crippen LogP contribution in [0.25, 0.3) is 0 Å².